The predicted octanol–water partition coefficient (Wildman–Crippen LogP) is 3.04. The Bertz CT molecular complexity index is 922. The molecule has 0 saturated heterocycles. The Morgan fingerprint density at radius 1 is 1.12 bits per heavy atom. The molecule has 138 valence electrons. The molecular formula is C20H24N2O3S. The number of anilines is 1. The Morgan fingerprint density at radius 3 is 2.58 bits per heavy atom. The molecule has 0 fully saturated rings. The highest BCUT2D eigenvalue weighted by atomic mass is 32.2. The highest BCUT2D eigenvalue weighted by Crippen LogP contribution is 2.22. The summed E-state index contributed by atoms with van der Waals surface area (Å²) in [5.41, 5.74) is 4.32. The van der Waals surface area contributed by atoms with Crippen LogP contribution in [0.3, 0.4) is 0 Å². The first-order chi connectivity index (χ1) is 12.3. The van der Waals surface area contributed by atoms with Crippen LogP contribution in [0, 0.1) is 6.92 Å². The van der Waals surface area contributed by atoms with Gasteiger partial charge in [0.2, 0.25) is 10.0 Å². The zero-order valence-electron chi connectivity index (χ0n) is 15.1. The molecule has 2 aromatic rings. The van der Waals surface area contributed by atoms with Gasteiger partial charge < -0.3 is 5.32 Å². The van der Waals surface area contributed by atoms with Gasteiger partial charge in [-0.3, -0.25) is 9.52 Å². The highest BCUT2D eigenvalue weighted by Gasteiger charge is 2.19. The molecule has 0 bridgehead atoms. The van der Waals surface area contributed by atoms with Crippen LogP contribution in [0.4, 0.5) is 5.69 Å². The second-order valence-electron chi connectivity index (χ2n) is 6.94. The van der Waals surface area contributed by atoms with Gasteiger partial charge >= 0.3 is 0 Å². The van der Waals surface area contributed by atoms with Gasteiger partial charge in [0.05, 0.1) is 11.9 Å². The molecule has 0 aliphatic heterocycles. The predicted molar refractivity (Wildman–Crippen MR) is 104 cm³/mol. The van der Waals surface area contributed by atoms with E-state index < -0.39 is 10.0 Å². The Labute approximate surface area is 154 Å². The molecule has 1 aliphatic carbocycles. The largest absolute Gasteiger partial charge is 0.349 e. The molecule has 0 saturated carbocycles. The van der Waals surface area contributed by atoms with E-state index in [1.54, 1.807) is 25.1 Å². The second-order valence-corrected chi connectivity index (χ2v) is 8.69. The Kier molecular flexibility index (Phi) is 5.32. The zero-order valence-corrected chi connectivity index (χ0v) is 15.9. The van der Waals surface area contributed by atoms with E-state index in [9.17, 15) is 13.2 Å². The fourth-order valence-corrected chi connectivity index (χ4v) is 3.99. The third-order valence-electron chi connectivity index (χ3n) is 4.71. The number of nitrogens with one attached hydrogen (secondary N) is 2. The Hall–Kier alpha value is -2.34. The standard InChI is InChI=1S/C20H24N2O3S/c1-14-10-11-17(13-19(14)22-26(2,24)25)20(23)21-18-9-5-8-15-6-3-4-7-16(15)12-18/h3-4,6-7,10-11,13,18,22H,5,8-9,12H2,1-2H3,(H,21,23)/t18-/m0/s1. The fraction of sp³-hybridized carbons (Fsp3) is 0.350. The van der Waals surface area contributed by atoms with Crippen molar-refractivity contribution in [1.29, 1.82) is 0 Å². The molecule has 2 aromatic carbocycles. The van der Waals surface area contributed by atoms with Gasteiger partial charge in [0, 0.05) is 11.6 Å². The topological polar surface area (TPSA) is 75.3 Å². The lowest BCUT2D eigenvalue weighted by Gasteiger charge is -2.18. The molecule has 0 heterocycles. The number of sulfonamides is 1. The smallest absolute Gasteiger partial charge is 0.251 e. The van der Waals surface area contributed by atoms with E-state index in [2.05, 4.69) is 28.2 Å². The van der Waals surface area contributed by atoms with Crippen molar-refractivity contribution >= 4 is 21.6 Å². The lowest BCUT2D eigenvalue weighted by atomic mass is 10.0. The summed E-state index contributed by atoms with van der Waals surface area (Å²) in [5, 5.41) is 3.11. The molecule has 1 aliphatic rings. The first-order valence-electron chi connectivity index (χ1n) is 8.78. The van der Waals surface area contributed by atoms with Crippen molar-refractivity contribution in [2.75, 3.05) is 11.0 Å². The Morgan fingerprint density at radius 2 is 1.85 bits per heavy atom. The van der Waals surface area contributed by atoms with Gasteiger partial charge in [-0.1, -0.05) is 30.3 Å². The van der Waals surface area contributed by atoms with Crippen LogP contribution in [0.5, 0.6) is 0 Å². The maximum Gasteiger partial charge on any atom is 0.251 e. The molecule has 5 nitrogen and oxygen atoms in total. The number of rotatable bonds is 4. The van der Waals surface area contributed by atoms with Crippen LogP contribution in [-0.4, -0.2) is 26.6 Å². The molecule has 1 atom stereocenters. The van der Waals surface area contributed by atoms with Crippen molar-refractivity contribution in [1.82, 2.24) is 5.32 Å². The number of carbonyl (C=O) groups excluding carboxylic acids is 1. The minimum atomic E-state index is -3.39. The molecule has 0 aromatic heterocycles. The number of hydrogen-bond donors (Lipinski definition) is 2. The monoisotopic (exact) mass is 372 g/mol. The van der Waals surface area contributed by atoms with Gasteiger partial charge in [0.1, 0.15) is 0 Å². The number of amides is 1. The molecule has 3 rings (SSSR count). The Balaban J connectivity index is 1.75. The summed E-state index contributed by atoms with van der Waals surface area (Å²) in [4.78, 5) is 12.7. The zero-order chi connectivity index (χ0) is 18.7. The first kappa shape index (κ1) is 18.5. The van der Waals surface area contributed by atoms with E-state index >= 15 is 0 Å². The SMILES string of the molecule is Cc1ccc(C(=O)N[C@H]2CCCc3ccccc3C2)cc1NS(C)(=O)=O. The maximum absolute atomic E-state index is 12.7. The van der Waals surface area contributed by atoms with Crippen molar-refractivity contribution in [3.05, 3.63) is 64.7 Å². The summed E-state index contributed by atoms with van der Waals surface area (Å²) in [5.74, 6) is -0.175. The first-order valence-corrected chi connectivity index (χ1v) is 10.7. The van der Waals surface area contributed by atoms with Crippen LogP contribution in [0.25, 0.3) is 0 Å². The highest BCUT2D eigenvalue weighted by molar-refractivity contribution is 7.92. The normalized spacial score (nSPS) is 17.1. The van der Waals surface area contributed by atoms with Gasteiger partial charge in [-0.15, -0.1) is 0 Å². The minimum absolute atomic E-state index is 0.0822. The molecule has 2 N–H and O–H groups in total. The van der Waals surface area contributed by atoms with E-state index in [0.29, 0.717) is 11.3 Å². The van der Waals surface area contributed by atoms with Crippen LogP contribution < -0.4 is 10.0 Å². The molecule has 0 spiro atoms. The number of aryl methyl sites for hydroxylation is 2. The minimum Gasteiger partial charge on any atom is -0.349 e. The van der Waals surface area contributed by atoms with Crippen LogP contribution in [0.1, 0.15) is 39.9 Å². The van der Waals surface area contributed by atoms with E-state index in [-0.39, 0.29) is 11.9 Å². The average molecular weight is 372 g/mol. The van der Waals surface area contributed by atoms with Crippen molar-refractivity contribution in [3.63, 3.8) is 0 Å². The summed E-state index contributed by atoms with van der Waals surface area (Å²) in [6, 6.07) is 13.5. The quantitative estimate of drug-likeness (QED) is 0.810. The van der Waals surface area contributed by atoms with E-state index in [0.717, 1.165) is 37.5 Å². The third-order valence-corrected chi connectivity index (χ3v) is 5.30. The molecule has 1 amide bonds. The molecule has 0 radical (unpaired) electrons. The van der Waals surface area contributed by atoms with Gasteiger partial charge in [-0.25, -0.2) is 8.42 Å². The van der Waals surface area contributed by atoms with Gasteiger partial charge in [0.25, 0.3) is 5.91 Å². The fourth-order valence-electron chi connectivity index (χ4n) is 3.37. The average Bonchev–Trinajstić information content (AvgIpc) is 2.77. The summed E-state index contributed by atoms with van der Waals surface area (Å²) in [6.45, 7) is 1.80. The third kappa shape index (κ3) is 4.64. The van der Waals surface area contributed by atoms with E-state index in [1.807, 2.05) is 6.07 Å². The number of carbonyl (C=O) groups is 1. The summed E-state index contributed by atoms with van der Waals surface area (Å²) >= 11 is 0. The van der Waals surface area contributed by atoms with Crippen molar-refractivity contribution in [3.8, 4) is 0 Å². The number of hydrogen-bond acceptors (Lipinski definition) is 3. The molecule has 6 heteroatoms. The van der Waals surface area contributed by atoms with Gasteiger partial charge in [-0.2, -0.15) is 0 Å². The maximum atomic E-state index is 12.7. The summed E-state index contributed by atoms with van der Waals surface area (Å²) < 4.78 is 25.5. The number of benzene rings is 2. The van der Waals surface area contributed by atoms with Crippen LogP contribution in [-0.2, 0) is 22.9 Å². The van der Waals surface area contributed by atoms with Crippen LogP contribution in [0.15, 0.2) is 42.5 Å². The van der Waals surface area contributed by atoms with E-state index in [1.165, 1.54) is 11.1 Å². The van der Waals surface area contributed by atoms with Crippen LogP contribution in [0.2, 0.25) is 0 Å². The van der Waals surface area contributed by atoms with Crippen molar-refractivity contribution < 1.29 is 13.2 Å². The molecule has 0 unspecified atom stereocenters. The van der Waals surface area contributed by atoms with Crippen molar-refractivity contribution in [2.24, 2.45) is 0 Å². The number of fused-ring (bicyclic) bond motifs is 1. The van der Waals surface area contributed by atoms with Gasteiger partial charge in [-0.05, 0) is 61.4 Å². The molecule has 26 heavy (non-hydrogen) atoms. The summed E-state index contributed by atoms with van der Waals surface area (Å²) in [6.07, 6.45) is 4.93. The molecular weight excluding hydrogens is 348 g/mol. The lowest BCUT2D eigenvalue weighted by molar-refractivity contribution is 0.0935. The lowest BCUT2D eigenvalue weighted by Crippen LogP contribution is -2.36. The van der Waals surface area contributed by atoms with Crippen LogP contribution >= 0.6 is 0 Å². The summed E-state index contributed by atoms with van der Waals surface area (Å²) in [7, 11) is -3.39. The van der Waals surface area contributed by atoms with Crippen molar-refractivity contribution in [2.45, 2.75) is 38.6 Å². The second kappa shape index (κ2) is 7.50. The van der Waals surface area contributed by atoms with E-state index in [4.69, 9.17) is 0 Å². The van der Waals surface area contributed by atoms with Gasteiger partial charge in [0.15, 0.2) is 0 Å².